The molecule has 2 bridgehead atoms. The van der Waals surface area contributed by atoms with Crippen molar-refractivity contribution in [1.82, 2.24) is 0 Å². The number of fused-ring (bicyclic) bond motifs is 2. The standard InChI is InChI=1S/C17H24O3S/c1-11-13(6-5-7-15(11)21(18,19)20)14-10-12-8-9-17(14,4)16(12,2)3/h5,7,12H,6,8-10H2,1-4H3,(H,18,19,20). The maximum Gasteiger partial charge on any atom is 0.294 e. The molecule has 21 heavy (non-hydrogen) atoms. The van der Waals surface area contributed by atoms with Gasteiger partial charge >= 0.3 is 0 Å². The number of hydrogen-bond acceptors (Lipinski definition) is 2. The first-order valence-corrected chi connectivity index (χ1v) is 9.11. The molecule has 0 heterocycles. The quantitative estimate of drug-likeness (QED) is 0.737. The third kappa shape index (κ3) is 1.92. The van der Waals surface area contributed by atoms with Crippen molar-refractivity contribution in [2.75, 3.05) is 0 Å². The van der Waals surface area contributed by atoms with E-state index in [0.29, 0.717) is 5.92 Å². The van der Waals surface area contributed by atoms with Gasteiger partial charge in [0.15, 0.2) is 0 Å². The first kappa shape index (κ1) is 15.0. The third-order valence-corrected chi connectivity index (χ3v) is 7.61. The Bertz CT molecular complexity index is 692. The molecule has 0 aromatic rings. The van der Waals surface area contributed by atoms with Crippen molar-refractivity contribution in [3.8, 4) is 0 Å². The molecule has 3 aliphatic carbocycles. The Kier molecular flexibility index (Phi) is 3.10. The fourth-order valence-electron chi connectivity index (χ4n) is 4.76. The second-order valence-electron chi connectivity index (χ2n) is 7.52. The summed E-state index contributed by atoms with van der Waals surface area (Å²) in [4.78, 5) is 0.0698. The fourth-order valence-corrected chi connectivity index (χ4v) is 5.54. The summed E-state index contributed by atoms with van der Waals surface area (Å²) in [6.45, 7) is 8.86. The topological polar surface area (TPSA) is 54.4 Å². The van der Waals surface area contributed by atoms with Gasteiger partial charge in [0.1, 0.15) is 0 Å². The van der Waals surface area contributed by atoms with Crippen LogP contribution in [0.3, 0.4) is 0 Å². The van der Waals surface area contributed by atoms with Crippen molar-refractivity contribution in [3.63, 3.8) is 0 Å². The van der Waals surface area contributed by atoms with Crippen LogP contribution in [0.1, 0.15) is 53.4 Å². The van der Waals surface area contributed by atoms with Gasteiger partial charge in [-0.1, -0.05) is 32.4 Å². The molecule has 2 fully saturated rings. The maximum absolute atomic E-state index is 11.5. The van der Waals surface area contributed by atoms with Gasteiger partial charge in [-0.05, 0) is 66.6 Å². The van der Waals surface area contributed by atoms with Crippen LogP contribution in [0.4, 0.5) is 0 Å². The molecular weight excluding hydrogens is 284 g/mol. The molecule has 0 aromatic heterocycles. The highest BCUT2D eigenvalue weighted by Crippen LogP contribution is 2.69. The Balaban J connectivity index is 2.18. The van der Waals surface area contributed by atoms with Crippen LogP contribution in [0.15, 0.2) is 33.8 Å². The van der Waals surface area contributed by atoms with Gasteiger partial charge in [-0.2, -0.15) is 8.42 Å². The monoisotopic (exact) mass is 308 g/mol. The minimum Gasteiger partial charge on any atom is -0.282 e. The third-order valence-electron chi connectivity index (χ3n) is 6.61. The van der Waals surface area contributed by atoms with Crippen LogP contribution in [0.2, 0.25) is 0 Å². The lowest BCUT2D eigenvalue weighted by atomic mass is 9.67. The van der Waals surface area contributed by atoms with Crippen molar-refractivity contribution in [2.45, 2.75) is 53.4 Å². The minimum absolute atomic E-state index is 0.0698. The van der Waals surface area contributed by atoms with Crippen LogP contribution in [0.5, 0.6) is 0 Å². The highest BCUT2D eigenvalue weighted by atomic mass is 32.2. The molecule has 3 nitrogen and oxygen atoms in total. The molecular formula is C17H24O3S. The molecule has 3 rings (SSSR count). The van der Waals surface area contributed by atoms with Crippen molar-refractivity contribution >= 4 is 10.1 Å². The zero-order chi connectivity index (χ0) is 15.6. The molecule has 116 valence electrons. The summed E-state index contributed by atoms with van der Waals surface area (Å²) in [5.74, 6) is 0.692. The normalized spacial score (nSPS) is 38.4. The Morgan fingerprint density at radius 1 is 1.29 bits per heavy atom. The summed E-state index contributed by atoms with van der Waals surface area (Å²) >= 11 is 0. The van der Waals surface area contributed by atoms with E-state index in [1.54, 1.807) is 0 Å². The van der Waals surface area contributed by atoms with E-state index in [1.165, 1.54) is 24.5 Å². The van der Waals surface area contributed by atoms with Crippen LogP contribution in [0, 0.1) is 16.7 Å². The van der Waals surface area contributed by atoms with Crippen LogP contribution in [-0.2, 0) is 10.1 Å². The van der Waals surface area contributed by atoms with Crippen molar-refractivity contribution in [2.24, 2.45) is 16.7 Å². The minimum atomic E-state index is -4.14. The molecule has 0 amide bonds. The fraction of sp³-hybridized carbons (Fsp3) is 0.647. The zero-order valence-electron chi connectivity index (χ0n) is 13.2. The van der Waals surface area contributed by atoms with E-state index in [-0.39, 0.29) is 15.7 Å². The smallest absolute Gasteiger partial charge is 0.282 e. The van der Waals surface area contributed by atoms with Crippen LogP contribution >= 0.6 is 0 Å². The molecule has 4 heteroatoms. The first-order valence-electron chi connectivity index (χ1n) is 7.67. The molecule has 1 N–H and O–H groups in total. The van der Waals surface area contributed by atoms with E-state index in [4.69, 9.17) is 0 Å². The predicted molar refractivity (Wildman–Crippen MR) is 84.3 cm³/mol. The summed E-state index contributed by atoms with van der Waals surface area (Å²) < 4.78 is 32.5. The lowest BCUT2D eigenvalue weighted by molar-refractivity contribution is 0.178. The summed E-state index contributed by atoms with van der Waals surface area (Å²) in [5.41, 5.74) is 3.73. The molecule has 2 unspecified atom stereocenters. The molecule has 2 atom stereocenters. The Morgan fingerprint density at radius 2 is 1.95 bits per heavy atom. The van der Waals surface area contributed by atoms with Crippen molar-refractivity contribution in [3.05, 3.63) is 33.8 Å². The average molecular weight is 308 g/mol. The van der Waals surface area contributed by atoms with Gasteiger partial charge in [-0.25, -0.2) is 0 Å². The largest absolute Gasteiger partial charge is 0.294 e. The summed E-state index contributed by atoms with van der Waals surface area (Å²) in [6, 6.07) is 0. The van der Waals surface area contributed by atoms with Gasteiger partial charge < -0.3 is 0 Å². The van der Waals surface area contributed by atoms with E-state index in [0.717, 1.165) is 24.0 Å². The van der Waals surface area contributed by atoms with Gasteiger partial charge in [0.2, 0.25) is 0 Å². The molecule has 2 saturated carbocycles. The second-order valence-corrected chi connectivity index (χ2v) is 8.91. The highest BCUT2D eigenvalue weighted by Gasteiger charge is 2.59. The Labute approximate surface area is 127 Å². The predicted octanol–water partition coefficient (Wildman–Crippen LogP) is 4.25. The van der Waals surface area contributed by atoms with Gasteiger partial charge in [0, 0.05) is 0 Å². The lowest BCUT2D eigenvalue weighted by Gasteiger charge is -2.37. The molecule has 0 saturated heterocycles. The van der Waals surface area contributed by atoms with Gasteiger partial charge in [-0.3, -0.25) is 4.55 Å². The lowest BCUT2D eigenvalue weighted by Crippen LogP contribution is -2.29. The molecule has 0 spiro atoms. The number of rotatable bonds is 1. The summed E-state index contributed by atoms with van der Waals surface area (Å²) in [6.07, 6.45) is 7.70. The SMILES string of the molecule is CC1=C(S(=O)(=O)O)C=CCC1=C1CC2CCC1(C)C2(C)C. The van der Waals surface area contributed by atoms with E-state index in [1.807, 2.05) is 13.0 Å². The summed E-state index contributed by atoms with van der Waals surface area (Å²) in [5, 5.41) is 0. The number of allylic oxidation sites excluding steroid dienone is 5. The second kappa shape index (κ2) is 4.32. The molecule has 0 aromatic carbocycles. The molecule has 0 aliphatic heterocycles. The molecule has 3 aliphatic rings. The van der Waals surface area contributed by atoms with E-state index in [2.05, 4.69) is 20.8 Å². The van der Waals surface area contributed by atoms with E-state index < -0.39 is 10.1 Å². The van der Waals surface area contributed by atoms with Gasteiger partial charge in [-0.15, -0.1) is 0 Å². The van der Waals surface area contributed by atoms with Gasteiger partial charge in [0.25, 0.3) is 10.1 Å². The van der Waals surface area contributed by atoms with Crippen LogP contribution in [-0.4, -0.2) is 13.0 Å². The average Bonchev–Trinajstić information content (AvgIpc) is 2.70. The first-order chi connectivity index (χ1) is 9.59. The molecule has 0 radical (unpaired) electrons. The van der Waals surface area contributed by atoms with Crippen LogP contribution in [0.25, 0.3) is 0 Å². The van der Waals surface area contributed by atoms with E-state index >= 15 is 0 Å². The van der Waals surface area contributed by atoms with Gasteiger partial charge in [0.05, 0.1) is 4.91 Å². The van der Waals surface area contributed by atoms with Crippen molar-refractivity contribution < 1.29 is 13.0 Å². The van der Waals surface area contributed by atoms with Crippen molar-refractivity contribution in [1.29, 1.82) is 0 Å². The highest BCUT2D eigenvalue weighted by molar-refractivity contribution is 7.90. The van der Waals surface area contributed by atoms with Crippen LogP contribution < -0.4 is 0 Å². The zero-order valence-corrected chi connectivity index (χ0v) is 14.0. The van der Waals surface area contributed by atoms with E-state index in [9.17, 15) is 13.0 Å². The summed E-state index contributed by atoms with van der Waals surface area (Å²) in [7, 11) is -4.14. The maximum atomic E-state index is 11.5. The number of hydrogen-bond donors (Lipinski definition) is 1. The Hall–Kier alpha value is -0.870. The Morgan fingerprint density at radius 3 is 2.43 bits per heavy atom.